The molecular formula is C6H8O2. The van der Waals surface area contributed by atoms with Crippen molar-refractivity contribution >= 4 is 6.29 Å². The van der Waals surface area contributed by atoms with Crippen LogP contribution in [0.4, 0.5) is 0 Å². The van der Waals surface area contributed by atoms with Crippen LogP contribution in [0.2, 0.25) is 0 Å². The molecular weight excluding hydrogens is 104 g/mol. The molecule has 2 bridgehead atoms. The van der Waals surface area contributed by atoms with Crippen LogP contribution in [0, 0.1) is 11.8 Å². The molecule has 0 aromatic carbocycles. The third kappa shape index (κ3) is 0.348. The van der Waals surface area contributed by atoms with Gasteiger partial charge in [0.15, 0.2) is 0 Å². The maximum atomic E-state index is 10.2. The number of hydrogen-bond donors (Lipinski definition) is 0. The molecule has 2 aliphatic heterocycles. The Balaban J connectivity index is 2.11. The molecule has 3 unspecified atom stereocenters. The molecule has 1 saturated carbocycles. The van der Waals surface area contributed by atoms with Crippen LogP contribution in [0.5, 0.6) is 0 Å². The van der Waals surface area contributed by atoms with Crippen LogP contribution in [-0.4, -0.2) is 19.0 Å². The molecule has 3 rings (SSSR count). The Bertz CT molecular complexity index is 108. The van der Waals surface area contributed by atoms with E-state index in [9.17, 15) is 4.79 Å². The third-order valence-electron chi connectivity index (χ3n) is 2.19. The summed E-state index contributed by atoms with van der Waals surface area (Å²) in [6.07, 6.45) is 2.47. The molecule has 3 atom stereocenters. The second-order valence-corrected chi connectivity index (χ2v) is 2.58. The first-order valence-electron chi connectivity index (χ1n) is 2.98. The number of rotatable bonds is 1. The Morgan fingerprint density at radius 3 is 2.75 bits per heavy atom. The molecule has 2 heterocycles. The second-order valence-electron chi connectivity index (χ2n) is 2.58. The summed E-state index contributed by atoms with van der Waals surface area (Å²) in [5.41, 5.74) is 0. The molecule has 3 aliphatic rings. The first-order chi connectivity index (χ1) is 3.92. The van der Waals surface area contributed by atoms with Gasteiger partial charge in [0.1, 0.15) is 6.29 Å². The number of carbonyl (C=O) groups is 1. The number of hydrogen-bond acceptors (Lipinski definition) is 2. The minimum Gasteiger partial charge on any atom is -0.377 e. The van der Waals surface area contributed by atoms with Crippen molar-refractivity contribution in [1.29, 1.82) is 0 Å². The predicted octanol–water partition coefficient (Wildman–Crippen LogP) is 0.220. The van der Waals surface area contributed by atoms with E-state index in [2.05, 4.69) is 0 Å². The standard InChI is InChI=1S/C6H8O2/c7-2-5-4-1-6(5)8-3-4/h2,4-6H,1,3H2. The van der Waals surface area contributed by atoms with Gasteiger partial charge in [-0.2, -0.15) is 0 Å². The van der Waals surface area contributed by atoms with Gasteiger partial charge in [0.25, 0.3) is 0 Å². The summed E-state index contributed by atoms with van der Waals surface area (Å²) < 4.78 is 5.20. The minimum atomic E-state index is 0.259. The lowest BCUT2D eigenvalue weighted by atomic mass is 9.75. The Morgan fingerprint density at radius 1 is 1.62 bits per heavy atom. The van der Waals surface area contributed by atoms with E-state index >= 15 is 0 Å². The second kappa shape index (κ2) is 1.32. The molecule has 2 saturated heterocycles. The van der Waals surface area contributed by atoms with Gasteiger partial charge in [0.05, 0.1) is 12.7 Å². The molecule has 2 heteroatoms. The highest BCUT2D eigenvalue weighted by molar-refractivity contribution is 5.57. The Labute approximate surface area is 47.8 Å². The molecule has 0 spiro atoms. The number of fused-ring (bicyclic) bond motifs is 1. The topological polar surface area (TPSA) is 26.3 Å². The van der Waals surface area contributed by atoms with Gasteiger partial charge >= 0.3 is 0 Å². The first-order valence-corrected chi connectivity index (χ1v) is 2.98. The van der Waals surface area contributed by atoms with Gasteiger partial charge in [0.2, 0.25) is 0 Å². The van der Waals surface area contributed by atoms with Crippen LogP contribution in [-0.2, 0) is 9.53 Å². The molecule has 1 aliphatic carbocycles. The molecule has 0 radical (unpaired) electrons. The summed E-state index contributed by atoms with van der Waals surface area (Å²) in [5, 5.41) is 0. The van der Waals surface area contributed by atoms with E-state index < -0.39 is 0 Å². The summed E-state index contributed by atoms with van der Waals surface area (Å²) >= 11 is 0. The highest BCUT2D eigenvalue weighted by Gasteiger charge is 2.47. The maximum absolute atomic E-state index is 10.2. The van der Waals surface area contributed by atoms with E-state index in [0.717, 1.165) is 19.3 Å². The largest absolute Gasteiger partial charge is 0.377 e. The molecule has 0 aromatic rings. The highest BCUT2D eigenvalue weighted by Crippen LogP contribution is 2.42. The zero-order valence-electron chi connectivity index (χ0n) is 4.54. The van der Waals surface area contributed by atoms with Gasteiger partial charge in [0, 0.05) is 5.92 Å². The van der Waals surface area contributed by atoms with Gasteiger partial charge in [-0.25, -0.2) is 0 Å². The average molecular weight is 112 g/mol. The van der Waals surface area contributed by atoms with E-state index in [0.29, 0.717) is 12.0 Å². The van der Waals surface area contributed by atoms with Gasteiger partial charge in [-0.15, -0.1) is 0 Å². The number of carbonyl (C=O) groups excluding carboxylic acids is 1. The molecule has 0 amide bonds. The van der Waals surface area contributed by atoms with Crippen molar-refractivity contribution in [2.45, 2.75) is 12.5 Å². The van der Waals surface area contributed by atoms with Crippen LogP contribution in [0.15, 0.2) is 0 Å². The monoisotopic (exact) mass is 112 g/mol. The molecule has 3 fully saturated rings. The van der Waals surface area contributed by atoms with Crippen molar-refractivity contribution in [3.8, 4) is 0 Å². The minimum absolute atomic E-state index is 0.259. The van der Waals surface area contributed by atoms with Gasteiger partial charge in [-0.3, -0.25) is 0 Å². The molecule has 0 N–H and O–H groups in total. The van der Waals surface area contributed by atoms with E-state index in [1.807, 2.05) is 0 Å². The Kier molecular flexibility index (Phi) is 0.742. The van der Waals surface area contributed by atoms with Crippen molar-refractivity contribution in [1.82, 2.24) is 0 Å². The number of aldehydes is 1. The van der Waals surface area contributed by atoms with Crippen LogP contribution >= 0.6 is 0 Å². The first kappa shape index (κ1) is 4.50. The van der Waals surface area contributed by atoms with E-state index in [4.69, 9.17) is 4.74 Å². The van der Waals surface area contributed by atoms with Crippen molar-refractivity contribution < 1.29 is 9.53 Å². The van der Waals surface area contributed by atoms with E-state index in [1.165, 1.54) is 0 Å². The average Bonchev–Trinajstić information content (AvgIpc) is 2.19. The van der Waals surface area contributed by atoms with Crippen LogP contribution in [0.25, 0.3) is 0 Å². The van der Waals surface area contributed by atoms with Crippen LogP contribution < -0.4 is 0 Å². The lowest BCUT2D eigenvalue weighted by Gasteiger charge is -2.27. The van der Waals surface area contributed by atoms with E-state index in [1.54, 1.807) is 0 Å². The van der Waals surface area contributed by atoms with Crippen LogP contribution in [0.3, 0.4) is 0 Å². The zero-order valence-corrected chi connectivity index (χ0v) is 4.54. The summed E-state index contributed by atoms with van der Waals surface area (Å²) in [6, 6.07) is 0. The van der Waals surface area contributed by atoms with Gasteiger partial charge < -0.3 is 9.53 Å². The summed E-state index contributed by atoms with van der Waals surface area (Å²) in [6.45, 7) is 0.827. The van der Waals surface area contributed by atoms with Crippen molar-refractivity contribution in [3.05, 3.63) is 0 Å². The third-order valence-corrected chi connectivity index (χ3v) is 2.19. The fourth-order valence-electron chi connectivity index (χ4n) is 1.52. The normalized spacial score (nSPS) is 50.8. The molecule has 2 nitrogen and oxygen atoms in total. The molecule has 8 heavy (non-hydrogen) atoms. The van der Waals surface area contributed by atoms with Crippen LogP contribution in [0.1, 0.15) is 6.42 Å². The molecule has 44 valence electrons. The SMILES string of the molecule is O=CC1C2COC1C2. The van der Waals surface area contributed by atoms with Crippen molar-refractivity contribution in [2.24, 2.45) is 11.8 Å². The van der Waals surface area contributed by atoms with Gasteiger partial charge in [-0.1, -0.05) is 0 Å². The summed E-state index contributed by atoms with van der Waals surface area (Å²) in [7, 11) is 0. The Hall–Kier alpha value is -0.370. The predicted molar refractivity (Wildman–Crippen MR) is 27.4 cm³/mol. The fourth-order valence-corrected chi connectivity index (χ4v) is 1.52. The fraction of sp³-hybridized carbons (Fsp3) is 0.833. The summed E-state index contributed by atoms with van der Waals surface area (Å²) in [5.74, 6) is 0.840. The highest BCUT2D eigenvalue weighted by atomic mass is 16.5. The maximum Gasteiger partial charge on any atom is 0.126 e. The Morgan fingerprint density at radius 2 is 2.50 bits per heavy atom. The van der Waals surface area contributed by atoms with E-state index in [-0.39, 0.29) is 5.92 Å². The molecule has 0 aromatic heterocycles. The summed E-state index contributed by atoms with van der Waals surface area (Å²) in [4.78, 5) is 10.2. The smallest absolute Gasteiger partial charge is 0.126 e. The quantitative estimate of drug-likeness (QED) is 0.453. The number of ether oxygens (including phenoxy) is 1. The lowest BCUT2D eigenvalue weighted by molar-refractivity contribution is -0.116. The van der Waals surface area contributed by atoms with Gasteiger partial charge in [-0.05, 0) is 12.3 Å². The zero-order chi connectivity index (χ0) is 5.56. The van der Waals surface area contributed by atoms with Crippen molar-refractivity contribution in [2.75, 3.05) is 6.61 Å². The van der Waals surface area contributed by atoms with Crippen molar-refractivity contribution in [3.63, 3.8) is 0 Å². The lowest BCUT2D eigenvalue weighted by Crippen LogP contribution is -2.34.